The zero-order valence-corrected chi connectivity index (χ0v) is 11.0. The Kier molecular flexibility index (Phi) is 2.82. The van der Waals surface area contributed by atoms with Crippen LogP contribution >= 0.6 is 0 Å². The number of aliphatic carboxylic acids is 1. The van der Waals surface area contributed by atoms with Crippen LogP contribution in [0.25, 0.3) is 16.6 Å². The van der Waals surface area contributed by atoms with Crippen LogP contribution in [0, 0.1) is 0 Å². The Morgan fingerprint density at radius 1 is 1.15 bits per heavy atom. The standard InChI is InChI=1S/C15H14N2O3/c1-2-10(15(19)20)17-12-7-4-3-6-11(12)16-9-5-8-13(16)14(17)18/h3-10H,2H2,1H3,(H,19,20). The van der Waals surface area contributed by atoms with Crippen LogP contribution in [0.5, 0.6) is 0 Å². The first-order valence-corrected chi connectivity index (χ1v) is 6.48. The molecule has 0 spiro atoms. The fourth-order valence-corrected chi connectivity index (χ4v) is 2.65. The molecule has 5 nitrogen and oxygen atoms in total. The first kappa shape index (κ1) is 12.5. The minimum absolute atomic E-state index is 0.275. The van der Waals surface area contributed by atoms with Crippen molar-refractivity contribution in [2.75, 3.05) is 0 Å². The lowest BCUT2D eigenvalue weighted by molar-refractivity contribution is -0.140. The van der Waals surface area contributed by atoms with E-state index in [1.807, 2.05) is 24.4 Å². The molecule has 0 saturated heterocycles. The number of rotatable bonds is 3. The molecular formula is C15H14N2O3. The van der Waals surface area contributed by atoms with Crippen LogP contribution in [-0.4, -0.2) is 20.0 Å². The predicted octanol–water partition coefficient (Wildman–Crippen LogP) is 2.29. The number of fused-ring (bicyclic) bond motifs is 3. The van der Waals surface area contributed by atoms with Crippen LogP contribution in [-0.2, 0) is 4.79 Å². The van der Waals surface area contributed by atoms with Crippen molar-refractivity contribution < 1.29 is 9.90 Å². The lowest BCUT2D eigenvalue weighted by atomic mass is 10.2. The largest absolute Gasteiger partial charge is 0.480 e. The molecule has 0 aliphatic rings. The summed E-state index contributed by atoms with van der Waals surface area (Å²) >= 11 is 0. The van der Waals surface area contributed by atoms with Gasteiger partial charge in [0, 0.05) is 6.20 Å². The molecule has 1 aromatic carbocycles. The Labute approximate surface area is 114 Å². The Balaban J connectivity index is 2.53. The average molecular weight is 270 g/mol. The fraction of sp³-hybridized carbons (Fsp3) is 0.200. The van der Waals surface area contributed by atoms with Crippen molar-refractivity contribution >= 4 is 22.5 Å². The second-order valence-corrected chi connectivity index (χ2v) is 4.69. The van der Waals surface area contributed by atoms with Crippen molar-refractivity contribution in [1.29, 1.82) is 0 Å². The van der Waals surface area contributed by atoms with Gasteiger partial charge in [-0.25, -0.2) is 4.79 Å². The Hall–Kier alpha value is -2.56. The zero-order chi connectivity index (χ0) is 14.3. The van der Waals surface area contributed by atoms with Gasteiger partial charge in [-0.3, -0.25) is 9.36 Å². The van der Waals surface area contributed by atoms with Crippen molar-refractivity contribution in [3.63, 3.8) is 0 Å². The molecule has 1 atom stereocenters. The second-order valence-electron chi connectivity index (χ2n) is 4.69. The molecule has 0 aliphatic heterocycles. The summed E-state index contributed by atoms with van der Waals surface area (Å²) < 4.78 is 3.18. The third-order valence-electron chi connectivity index (χ3n) is 3.57. The first-order chi connectivity index (χ1) is 9.65. The third-order valence-corrected chi connectivity index (χ3v) is 3.57. The second kappa shape index (κ2) is 4.52. The molecule has 0 saturated carbocycles. The minimum atomic E-state index is -0.990. The van der Waals surface area contributed by atoms with Crippen LogP contribution < -0.4 is 5.56 Å². The van der Waals surface area contributed by atoms with Gasteiger partial charge in [0.1, 0.15) is 11.6 Å². The Morgan fingerprint density at radius 2 is 1.80 bits per heavy atom. The average Bonchev–Trinajstić information content (AvgIpc) is 2.92. The van der Waals surface area contributed by atoms with Gasteiger partial charge in [-0.05, 0) is 30.7 Å². The van der Waals surface area contributed by atoms with E-state index in [2.05, 4.69) is 0 Å². The van der Waals surface area contributed by atoms with Crippen molar-refractivity contribution in [3.05, 3.63) is 52.9 Å². The number of hydrogen-bond acceptors (Lipinski definition) is 2. The van der Waals surface area contributed by atoms with Crippen molar-refractivity contribution in [2.45, 2.75) is 19.4 Å². The SMILES string of the molecule is CCC(C(=O)O)n1c(=O)c2cccn2c2ccccc21. The summed E-state index contributed by atoms with van der Waals surface area (Å²) in [6.07, 6.45) is 2.17. The van der Waals surface area contributed by atoms with E-state index in [4.69, 9.17) is 0 Å². The van der Waals surface area contributed by atoms with Gasteiger partial charge >= 0.3 is 5.97 Å². The Morgan fingerprint density at radius 3 is 2.45 bits per heavy atom. The lowest BCUT2D eigenvalue weighted by Crippen LogP contribution is -2.31. The van der Waals surface area contributed by atoms with Crippen LogP contribution in [0.1, 0.15) is 19.4 Å². The van der Waals surface area contributed by atoms with Gasteiger partial charge in [0.15, 0.2) is 0 Å². The molecule has 20 heavy (non-hydrogen) atoms. The highest BCUT2D eigenvalue weighted by molar-refractivity contribution is 5.82. The molecule has 2 aromatic heterocycles. The van der Waals surface area contributed by atoms with Gasteiger partial charge in [0.25, 0.3) is 5.56 Å². The van der Waals surface area contributed by atoms with Crippen molar-refractivity contribution in [2.24, 2.45) is 0 Å². The third kappa shape index (κ3) is 1.63. The van der Waals surface area contributed by atoms with Gasteiger partial charge in [-0.15, -0.1) is 0 Å². The van der Waals surface area contributed by atoms with Gasteiger partial charge in [0.05, 0.1) is 11.0 Å². The molecule has 5 heteroatoms. The number of benzene rings is 1. The maximum atomic E-state index is 12.6. The maximum absolute atomic E-state index is 12.6. The van der Waals surface area contributed by atoms with Gasteiger partial charge in [0.2, 0.25) is 0 Å². The number of para-hydroxylation sites is 2. The molecule has 2 heterocycles. The van der Waals surface area contributed by atoms with Crippen LogP contribution in [0.15, 0.2) is 47.4 Å². The fourth-order valence-electron chi connectivity index (χ4n) is 2.65. The van der Waals surface area contributed by atoms with E-state index in [0.29, 0.717) is 17.5 Å². The van der Waals surface area contributed by atoms with Crippen LogP contribution in [0.3, 0.4) is 0 Å². The van der Waals surface area contributed by atoms with Crippen molar-refractivity contribution in [3.8, 4) is 0 Å². The van der Waals surface area contributed by atoms with Crippen LogP contribution in [0.2, 0.25) is 0 Å². The highest BCUT2D eigenvalue weighted by Gasteiger charge is 2.22. The van der Waals surface area contributed by atoms with E-state index in [1.165, 1.54) is 4.57 Å². The van der Waals surface area contributed by atoms with E-state index < -0.39 is 12.0 Å². The number of aromatic nitrogens is 2. The normalized spacial score (nSPS) is 12.8. The summed E-state index contributed by atoms with van der Waals surface area (Å²) in [5.41, 5.74) is 1.67. The summed E-state index contributed by atoms with van der Waals surface area (Å²) in [7, 11) is 0. The zero-order valence-electron chi connectivity index (χ0n) is 11.0. The number of carboxylic acid groups (broad SMARTS) is 1. The molecule has 0 fully saturated rings. The summed E-state index contributed by atoms with van der Waals surface area (Å²) in [6.45, 7) is 1.77. The number of carbonyl (C=O) groups is 1. The molecule has 102 valence electrons. The molecule has 3 rings (SSSR count). The first-order valence-electron chi connectivity index (χ1n) is 6.48. The summed E-state index contributed by atoms with van der Waals surface area (Å²) in [5, 5.41) is 9.37. The van der Waals surface area contributed by atoms with E-state index in [0.717, 1.165) is 5.52 Å². The highest BCUT2D eigenvalue weighted by atomic mass is 16.4. The molecular weight excluding hydrogens is 256 g/mol. The quantitative estimate of drug-likeness (QED) is 0.794. The predicted molar refractivity (Wildman–Crippen MR) is 76.1 cm³/mol. The van der Waals surface area contributed by atoms with E-state index >= 15 is 0 Å². The smallest absolute Gasteiger partial charge is 0.326 e. The summed E-state index contributed by atoms with van der Waals surface area (Å²) in [5.74, 6) is -0.990. The maximum Gasteiger partial charge on any atom is 0.326 e. The van der Waals surface area contributed by atoms with Crippen molar-refractivity contribution in [1.82, 2.24) is 8.97 Å². The van der Waals surface area contributed by atoms with E-state index in [-0.39, 0.29) is 5.56 Å². The Bertz CT molecular complexity index is 860. The van der Waals surface area contributed by atoms with E-state index in [9.17, 15) is 14.7 Å². The molecule has 0 bridgehead atoms. The highest BCUT2D eigenvalue weighted by Crippen LogP contribution is 2.20. The molecule has 3 aromatic rings. The topological polar surface area (TPSA) is 63.7 Å². The molecule has 0 amide bonds. The molecule has 1 N–H and O–H groups in total. The number of carboxylic acids is 1. The summed E-state index contributed by atoms with van der Waals surface area (Å²) in [6, 6.07) is 9.98. The molecule has 0 radical (unpaired) electrons. The minimum Gasteiger partial charge on any atom is -0.480 e. The van der Waals surface area contributed by atoms with Gasteiger partial charge in [-0.2, -0.15) is 0 Å². The lowest BCUT2D eigenvalue weighted by Gasteiger charge is -2.17. The number of nitrogens with zero attached hydrogens (tertiary/aromatic N) is 2. The van der Waals surface area contributed by atoms with Gasteiger partial charge in [-0.1, -0.05) is 19.1 Å². The number of hydrogen-bond donors (Lipinski definition) is 1. The monoisotopic (exact) mass is 270 g/mol. The van der Waals surface area contributed by atoms with Crippen LogP contribution in [0.4, 0.5) is 0 Å². The van der Waals surface area contributed by atoms with Gasteiger partial charge < -0.3 is 9.51 Å². The summed E-state index contributed by atoms with van der Waals surface area (Å²) in [4.78, 5) is 24.0. The molecule has 1 unspecified atom stereocenters. The van der Waals surface area contributed by atoms with E-state index in [1.54, 1.807) is 29.5 Å². The molecule has 0 aliphatic carbocycles.